The monoisotopic (exact) mass is 302 g/mol. The van der Waals surface area contributed by atoms with Gasteiger partial charge in [-0.2, -0.15) is 0 Å². The van der Waals surface area contributed by atoms with Crippen LogP contribution in [0.3, 0.4) is 0 Å². The molecular formula is C15H14N2O5. The SMILES string of the molecule is COc1cc([N+](=O)[O-])cc(C=Nc2c(C)cccc2O)c1O. The average molecular weight is 302 g/mol. The zero-order valence-corrected chi connectivity index (χ0v) is 12.0. The lowest BCUT2D eigenvalue weighted by Crippen LogP contribution is -1.94. The van der Waals surface area contributed by atoms with Gasteiger partial charge in [0.1, 0.15) is 11.4 Å². The Labute approximate surface area is 126 Å². The molecule has 0 aromatic heterocycles. The number of aryl methyl sites for hydroxylation is 1. The normalized spacial score (nSPS) is 10.8. The smallest absolute Gasteiger partial charge is 0.274 e. The fraction of sp³-hybridized carbons (Fsp3) is 0.133. The number of ether oxygens (including phenoxy) is 1. The number of methoxy groups -OCH3 is 1. The van der Waals surface area contributed by atoms with Gasteiger partial charge in [0.2, 0.25) is 0 Å². The van der Waals surface area contributed by atoms with Crippen molar-refractivity contribution in [3.8, 4) is 17.2 Å². The number of nitro benzene ring substituents is 1. The van der Waals surface area contributed by atoms with Gasteiger partial charge < -0.3 is 14.9 Å². The van der Waals surface area contributed by atoms with Gasteiger partial charge in [0.25, 0.3) is 5.69 Å². The predicted molar refractivity (Wildman–Crippen MR) is 81.4 cm³/mol. The van der Waals surface area contributed by atoms with Crippen LogP contribution in [0.15, 0.2) is 35.3 Å². The molecule has 2 rings (SSSR count). The number of nitrogens with zero attached hydrogens (tertiary/aromatic N) is 2. The van der Waals surface area contributed by atoms with Gasteiger partial charge in [-0.25, -0.2) is 0 Å². The van der Waals surface area contributed by atoms with E-state index in [0.717, 1.165) is 11.6 Å². The summed E-state index contributed by atoms with van der Waals surface area (Å²) in [6.45, 7) is 1.76. The summed E-state index contributed by atoms with van der Waals surface area (Å²) in [5.74, 6) is -0.303. The third-order valence-electron chi connectivity index (χ3n) is 3.07. The Morgan fingerprint density at radius 3 is 2.64 bits per heavy atom. The fourth-order valence-corrected chi connectivity index (χ4v) is 1.92. The highest BCUT2D eigenvalue weighted by atomic mass is 16.6. The van der Waals surface area contributed by atoms with Gasteiger partial charge in [0, 0.05) is 17.8 Å². The van der Waals surface area contributed by atoms with Crippen LogP contribution in [0.1, 0.15) is 11.1 Å². The van der Waals surface area contributed by atoms with E-state index in [4.69, 9.17) is 4.74 Å². The highest BCUT2D eigenvalue weighted by Crippen LogP contribution is 2.35. The van der Waals surface area contributed by atoms with Crippen molar-refractivity contribution in [3.05, 3.63) is 51.6 Å². The van der Waals surface area contributed by atoms with Crippen molar-refractivity contribution in [2.75, 3.05) is 7.11 Å². The number of phenols is 2. The molecule has 0 amide bonds. The molecule has 0 aliphatic carbocycles. The second-order valence-corrected chi connectivity index (χ2v) is 4.54. The van der Waals surface area contributed by atoms with E-state index in [1.165, 1.54) is 25.5 Å². The van der Waals surface area contributed by atoms with E-state index in [2.05, 4.69) is 4.99 Å². The van der Waals surface area contributed by atoms with Crippen LogP contribution >= 0.6 is 0 Å². The first-order chi connectivity index (χ1) is 10.4. The Balaban J connectivity index is 2.51. The highest BCUT2D eigenvalue weighted by Gasteiger charge is 2.16. The molecule has 2 aromatic carbocycles. The molecule has 22 heavy (non-hydrogen) atoms. The third kappa shape index (κ3) is 2.98. The van der Waals surface area contributed by atoms with E-state index < -0.39 is 4.92 Å². The zero-order valence-electron chi connectivity index (χ0n) is 12.0. The first-order valence-electron chi connectivity index (χ1n) is 6.32. The van der Waals surface area contributed by atoms with Crippen LogP contribution in [0.4, 0.5) is 11.4 Å². The molecular weight excluding hydrogens is 288 g/mol. The summed E-state index contributed by atoms with van der Waals surface area (Å²) >= 11 is 0. The molecule has 7 nitrogen and oxygen atoms in total. The number of phenolic OH excluding ortho intramolecular Hbond substituents is 2. The quantitative estimate of drug-likeness (QED) is 0.513. The Bertz CT molecular complexity index is 736. The van der Waals surface area contributed by atoms with Crippen LogP contribution in [0.2, 0.25) is 0 Å². The lowest BCUT2D eigenvalue weighted by Gasteiger charge is -2.06. The van der Waals surface area contributed by atoms with Gasteiger partial charge in [0.15, 0.2) is 11.5 Å². The summed E-state index contributed by atoms with van der Waals surface area (Å²) < 4.78 is 4.91. The molecule has 0 saturated heterocycles. The Hall–Kier alpha value is -3.09. The molecule has 0 bridgehead atoms. The maximum Gasteiger partial charge on any atom is 0.274 e. The van der Waals surface area contributed by atoms with E-state index in [9.17, 15) is 20.3 Å². The minimum absolute atomic E-state index is 0.0202. The highest BCUT2D eigenvalue weighted by molar-refractivity contribution is 5.88. The largest absolute Gasteiger partial charge is 0.506 e. The van der Waals surface area contributed by atoms with Crippen molar-refractivity contribution in [1.29, 1.82) is 0 Å². The maximum absolute atomic E-state index is 10.9. The minimum Gasteiger partial charge on any atom is -0.506 e. The molecule has 0 aliphatic heterocycles. The van der Waals surface area contributed by atoms with Crippen molar-refractivity contribution in [2.45, 2.75) is 6.92 Å². The van der Waals surface area contributed by atoms with E-state index in [1.807, 2.05) is 0 Å². The van der Waals surface area contributed by atoms with E-state index in [-0.39, 0.29) is 28.5 Å². The third-order valence-corrected chi connectivity index (χ3v) is 3.07. The lowest BCUT2D eigenvalue weighted by molar-refractivity contribution is -0.385. The van der Waals surface area contributed by atoms with Crippen LogP contribution in [0.25, 0.3) is 0 Å². The van der Waals surface area contributed by atoms with Gasteiger partial charge >= 0.3 is 0 Å². The fourth-order valence-electron chi connectivity index (χ4n) is 1.92. The van der Waals surface area contributed by atoms with Gasteiger partial charge in [-0.1, -0.05) is 12.1 Å². The van der Waals surface area contributed by atoms with Gasteiger partial charge in [-0.3, -0.25) is 15.1 Å². The number of aliphatic imine (C=N–C) groups is 1. The summed E-state index contributed by atoms with van der Waals surface area (Å²) in [6.07, 6.45) is 1.24. The summed E-state index contributed by atoms with van der Waals surface area (Å²) in [6, 6.07) is 7.22. The molecule has 0 unspecified atom stereocenters. The second-order valence-electron chi connectivity index (χ2n) is 4.54. The second kappa shape index (κ2) is 6.13. The number of hydrogen-bond acceptors (Lipinski definition) is 6. The predicted octanol–water partition coefficient (Wildman–Crippen LogP) is 3.07. The van der Waals surface area contributed by atoms with Crippen LogP contribution in [-0.2, 0) is 0 Å². The van der Waals surface area contributed by atoms with Gasteiger partial charge in [0.05, 0.1) is 18.1 Å². The Morgan fingerprint density at radius 2 is 2.05 bits per heavy atom. The van der Waals surface area contributed by atoms with Gasteiger partial charge in [-0.15, -0.1) is 0 Å². The molecule has 0 heterocycles. The van der Waals surface area contributed by atoms with Crippen molar-refractivity contribution in [2.24, 2.45) is 4.99 Å². The van der Waals surface area contributed by atoms with Crippen molar-refractivity contribution in [1.82, 2.24) is 0 Å². The molecule has 0 fully saturated rings. The van der Waals surface area contributed by atoms with Crippen LogP contribution in [-0.4, -0.2) is 28.5 Å². The van der Waals surface area contributed by atoms with E-state index >= 15 is 0 Å². The molecule has 0 radical (unpaired) electrons. The lowest BCUT2D eigenvalue weighted by atomic mass is 10.1. The number of benzene rings is 2. The average Bonchev–Trinajstić information content (AvgIpc) is 2.48. The minimum atomic E-state index is -0.593. The number of aromatic hydroxyl groups is 2. The van der Waals surface area contributed by atoms with Crippen molar-refractivity contribution < 1.29 is 19.9 Å². The molecule has 2 aromatic rings. The summed E-state index contributed by atoms with van der Waals surface area (Å²) in [7, 11) is 1.30. The first kappa shape index (κ1) is 15.3. The molecule has 2 N–H and O–H groups in total. The standard InChI is InChI=1S/C15H14N2O5/c1-9-4-3-5-12(18)14(9)16-8-10-6-11(17(20)21)7-13(22-2)15(10)19/h3-8,18-19H,1-2H3. The van der Waals surface area contributed by atoms with Crippen LogP contribution in [0.5, 0.6) is 17.2 Å². The van der Waals surface area contributed by atoms with Gasteiger partial charge in [-0.05, 0) is 18.6 Å². The summed E-state index contributed by atoms with van der Waals surface area (Å²) in [4.78, 5) is 14.4. The summed E-state index contributed by atoms with van der Waals surface area (Å²) in [5, 5.41) is 30.7. The molecule has 0 aliphatic rings. The number of hydrogen-bond donors (Lipinski definition) is 2. The van der Waals surface area contributed by atoms with E-state index in [0.29, 0.717) is 5.69 Å². The van der Waals surface area contributed by atoms with Crippen LogP contribution < -0.4 is 4.74 Å². The number of nitro groups is 1. The number of rotatable bonds is 4. The van der Waals surface area contributed by atoms with Crippen LogP contribution in [0, 0.1) is 17.0 Å². The Morgan fingerprint density at radius 1 is 1.32 bits per heavy atom. The molecule has 0 atom stereocenters. The molecule has 0 saturated carbocycles. The Kier molecular flexibility index (Phi) is 4.26. The topological polar surface area (TPSA) is 105 Å². The molecule has 114 valence electrons. The first-order valence-corrected chi connectivity index (χ1v) is 6.32. The maximum atomic E-state index is 10.9. The molecule has 7 heteroatoms. The molecule has 0 spiro atoms. The van der Waals surface area contributed by atoms with E-state index in [1.54, 1.807) is 19.1 Å². The summed E-state index contributed by atoms with van der Waals surface area (Å²) in [5.41, 5.74) is 0.944. The zero-order chi connectivity index (χ0) is 16.3. The number of para-hydroxylation sites is 1. The van der Waals surface area contributed by atoms with Crippen molar-refractivity contribution >= 4 is 17.6 Å². The van der Waals surface area contributed by atoms with Crippen molar-refractivity contribution in [3.63, 3.8) is 0 Å². The number of non-ortho nitro benzene ring substituents is 1.